The molecular weight excluding hydrogens is 539 g/mol. The average molecular weight is 576 g/mol. The minimum Gasteiger partial charge on any atom is -0.382 e. The smallest absolute Gasteiger partial charge is 0.382 e. The molecule has 1 aromatic carbocycles. The van der Waals surface area contributed by atoms with Crippen LogP contribution in [0.15, 0.2) is 18.2 Å². The van der Waals surface area contributed by atoms with E-state index in [4.69, 9.17) is 0 Å². The second-order valence-corrected chi connectivity index (χ2v) is 12.7. The monoisotopic (exact) mass is 575 g/mol. The van der Waals surface area contributed by atoms with Gasteiger partial charge in [0.1, 0.15) is 5.56 Å². The fourth-order valence-electron chi connectivity index (χ4n) is 5.70. The third-order valence-electron chi connectivity index (χ3n) is 8.02. The first-order chi connectivity index (χ1) is 18.4. The van der Waals surface area contributed by atoms with E-state index in [2.05, 4.69) is 10.2 Å². The SMILES string of the molecule is O=C(C1CCCCC1)N1CCN(CCS(=O)(=O)N2CCC(Nc3ccc([N+](=O)[O-])c(C(F)(F)F)c3)CC2)CC1. The zero-order valence-corrected chi connectivity index (χ0v) is 22.7. The number of piperidine rings is 1. The highest BCUT2D eigenvalue weighted by Crippen LogP contribution is 2.38. The number of halogens is 3. The van der Waals surface area contributed by atoms with Crippen molar-refractivity contribution in [3.05, 3.63) is 33.9 Å². The van der Waals surface area contributed by atoms with Crippen molar-refractivity contribution in [2.24, 2.45) is 5.92 Å². The highest BCUT2D eigenvalue weighted by molar-refractivity contribution is 7.89. The van der Waals surface area contributed by atoms with Crippen molar-refractivity contribution < 1.29 is 31.3 Å². The quantitative estimate of drug-likeness (QED) is 0.372. The summed E-state index contributed by atoms with van der Waals surface area (Å²) in [5, 5.41) is 13.9. The Labute approximate surface area is 226 Å². The Balaban J connectivity index is 1.22. The molecule has 2 aliphatic heterocycles. The predicted octanol–water partition coefficient (Wildman–Crippen LogP) is 3.54. The number of piperazine rings is 1. The van der Waals surface area contributed by atoms with Crippen molar-refractivity contribution in [2.75, 3.05) is 56.9 Å². The molecule has 3 aliphatic rings. The number of amides is 1. The normalized spacial score (nSPS) is 21.2. The lowest BCUT2D eigenvalue weighted by Gasteiger charge is -2.37. The van der Waals surface area contributed by atoms with Crippen molar-refractivity contribution in [1.82, 2.24) is 14.1 Å². The molecule has 2 heterocycles. The van der Waals surface area contributed by atoms with E-state index in [1.165, 1.54) is 16.8 Å². The first-order valence-electron chi connectivity index (χ1n) is 13.5. The molecule has 0 unspecified atom stereocenters. The lowest BCUT2D eigenvalue weighted by Crippen LogP contribution is -2.52. The molecule has 0 spiro atoms. The van der Waals surface area contributed by atoms with Crippen LogP contribution < -0.4 is 5.32 Å². The van der Waals surface area contributed by atoms with Crippen LogP contribution in [0.1, 0.15) is 50.5 Å². The number of carbonyl (C=O) groups excluding carboxylic acids is 1. The molecule has 1 aromatic rings. The molecule has 0 atom stereocenters. The van der Waals surface area contributed by atoms with Gasteiger partial charge in [0, 0.05) is 69.5 Å². The number of sulfonamides is 1. The average Bonchev–Trinajstić information content (AvgIpc) is 2.92. The van der Waals surface area contributed by atoms with Crippen LogP contribution in [-0.4, -0.2) is 91.0 Å². The van der Waals surface area contributed by atoms with Gasteiger partial charge in [-0.3, -0.25) is 19.8 Å². The van der Waals surface area contributed by atoms with E-state index in [0.29, 0.717) is 45.6 Å². The number of benzene rings is 1. The van der Waals surface area contributed by atoms with E-state index < -0.39 is 32.4 Å². The van der Waals surface area contributed by atoms with Gasteiger partial charge in [-0.25, -0.2) is 12.7 Å². The van der Waals surface area contributed by atoms with Gasteiger partial charge in [-0.15, -0.1) is 0 Å². The van der Waals surface area contributed by atoms with Crippen LogP contribution in [-0.2, 0) is 21.0 Å². The molecule has 0 bridgehead atoms. The van der Waals surface area contributed by atoms with Crippen molar-refractivity contribution >= 4 is 27.3 Å². The fraction of sp³-hybridized carbons (Fsp3) is 0.720. The van der Waals surface area contributed by atoms with Crippen LogP contribution in [0, 0.1) is 16.0 Å². The number of nitro groups is 1. The lowest BCUT2D eigenvalue weighted by atomic mass is 9.88. The number of nitro benzene ring substituents is 1. The van der Waals surface area contributed by atoms with E-state index in [0.717, 1.165) is 37.8 Å². The van der Waals surface area contributed by atoms with Gasteiger partial charge >= 0.3 is 6.18 Å². The van der Waals surface area contributed by atoms with Crippen LogP contribution in [0.4, 0.5) is 24.5 Å². The van der Waals surface area contributed by atoms with Crippen molar-refractivity contribution in [2.45, 2.75) is 57.2 Å². The Bertz CT molecular complexity index is 1130. The van der Waals surface area contributed by atoms with E-state index >= 15 is 0 Å². The van der Waals surface area contributed by atoms with Gasteiger partial charge in [-0.2, -0.15) is 13.2 Å². The van der Waals surface area contributed by atoms with E-state index in [1.807, 2.05) is 4.90 Å². The topological polar surface area (TPSA) is 116 Å². The molecule has 10 nitrogen and oxygen atoms in total. The molecular formula is C25H36F3N5O5S. The summed E-state index contributed by atoms with van der Waals surface area (Å²) in [6.07, 6.45) is 1.28. The molecule has 2 saturated heterocycles. The molecule has 1 N–H and O–H groups in total. The molecule has 0 aromatic heterocycles. The summed E-state index contributed by atoms with van der Waals surface area (Å²) in [7, 11) is -3.51. The number of anilines is 1. The number of rotatable bonds is 8. The molecule has 14 heteroatoms. The summed E-state index contributed by atoms with van der Waals surface area (Å²) in [4.78, 5) is 26.6. The molecule has 1 saturated carbocycles. The first kappa shape index (κ1) is 29.5. The molecule has 1 aliphatic carbocycles. The summed E-state index contributed by atoms with van der Waals surface area (Å²) >= 11 is 0. The molecule has 4 rings (SSSR count). The maximum absolute atomic E-state index is 13.3. The summed E-state index contributed by atoms with van der Waals surface area (Å²) in [6.45, 7) is 3.39. The summed E-state index contributed by atoms with van der Waals surface area (Å²) in [5.41, 5.74) is -2.22. The number of hydrogen-bond acceptors (Lipinski definition) is 7. The molecule has 3 fully saturated rings. The number of carbonyl (C=O) groups is 1. The number of hydrogen-bond donors (Lipinski definition) is 1. The zero-order valence-electron chi connectivity index (χ0n) is 21.9. The fourth-order valence-corrected chi connectivity index (χ4v) is 7.21. The maximum Gasteiger partial charge on any atom is 0.423 e. The van der Waals surface area contributed by atoms with Gasteiger partial charge < -0.3 is 10.2 Å². The zero-order chi connectivity index (χ0) is 28.2. The van der Waals surface area contributed by atoms with Gasteiger partial charge in [0.2, 0.25) is 15.9 Å². The summed E-state index contributed by atoms with van der Waals surface area (Å²) < 4.78 is 67.1. The minimum atomic E-state index is -4.87. The van der Waals surface area contributed by atoms with E-state index in [-0.39, 0.29) is 42.4 Å². The van der Waals surface area contributed by atoms with E-state index in [1.54, 1.807) is 0 Å². The Morgan fingerprint density at radius 3 is 2.23 bits per heavy atom. The standard InChI is InChI=1S/C25H36F3N5O5S/c26-25(27,28)22-18-21(6-7-23(22)33(35)36)29-20-8-10-32(11-9-20)39(37,38)17-16-30-12-14-31(15-13-30)24(34)19-4-2-1-3-5-19/h6-7,18-20,29H,1-5,8-17H2. The first-order valence-corrected chi connectivity index (χ1v) is 15.2. The highest BCUT2D eigenvalue weighted by Gasteiger charge is 2.39. The minimum absolute atomic E-state index is 0.0288. The second kappa shape index (κ2) is 12.4. The second-order valence-electron chi connectivity index (χ2n) is 10.6. The Morgan fingerprint density at radius 2 is 1.64 bits per heavy atom. The van der Waals surface area contributed by atoms with Crippen molar-refractivity contribution in [3.63, 3.8) is 0 Å². The summed E-state index contributed by atoms with van der Waals surface area (Å²) in [6, 6.07) is 2.54. The molecule has 0 radical (unpaired) electrons. The summed E-state index contributed by atoms with van der Waals surface area (Å²) in [5.74, 6) is 0.343. The van der Waals surface area contributed by atoms with Gasteiger partial charge in [0.15, 0.2) is 0 Å². The predicted molar refractivity (Wildman–Crippen MR) is 140 cm³/mol. The largest absolute Gasteiger partial charge is 0.423 e. The maximum atomic E-state index is 13.3. The third kappa shape index (κ3) is 7.60. The van der Waals surface area contributed by atoms with Gasteiger partial charge in [-0.1, -0.05) is 19.3 Å². The Hall–Kier alpha value is -2.45. The molecule has 1 amide bonds. The van der Waals surface area contributed by atoms with Crippen LogP contribution in [0.5, 0.6) is 0 Å². The van der Waals surface area contributed by atoms with E-state index in [9.17, 15) is 36.5 Å². The molecule has 218 valence electrons. The van der Waals surface area contributed by atoms with Crippen LogP contribution >= 0.6 is 0 Å². The number of alkyl halides is 3. The van der Waals surface area contributed by atoms with Crippen LogP contribution in [0.25, 0.3) is 0 Å². The van der Waals surface area contributed by atoms with Gasteiger partial charge in [0.05, 0.1) is 10.7 Å². The van der Waals surface area contributed by atoms with Gasteiger partial charge in [-0.05, 0) is 37.8 Å². The Kier molecular flexibility index (Phi) is 9.37. The molecule has 39 heavy (non-hydrogen) atoms. The van der Waals surface area contributed by atoms with Crippen LogP contribution in [0.3, 0.4) is 0 Å². The van der Waals surface area contributed by atoms with Crippen molar-refractivity contribution in [3.8, 4) is 0 Å². The van der Waals surface area contributed by atoms with Crippen LogP contribution in [0.2, 0.25) is 0 Å². The van der Waals surface area contributed by atoms with Gasteiger partial charge in [0.25, 0.3) is 5.69 Å². The lowest BCUT2D eigenvalue weighted by molar-refractivity contribution is -0.388. The third-order valence-corrected chi connectivity index (χ3v) is 9.87. The number of nitrogens with zero attached hydrogens (tertiary/aromatic N) is 4. The van der Waals surface area contributed by atoms with Crippen molar-refractivity contribution in [1.29, 1.82) is 0 Å². The highest BCUT2D eigenvalue weighted by atomic mass is 32.2. The Morgan fingerprint density at radius 1 is 1.00 bits per heavy atom. The number of nitrogens with one attached hydrogen (secondary N) is 1.